The van der Waals surface area contributed by atoms with Crippen LogP contribution in [0.25, 0.3) is 0 Å². The Balaban J connectivity index is 2.14. The highest BCUT2D eigenvalue weighted by molar-refractivity contribution is 7.11. The summed E-state index contributed by atoms with van der Waals surface area (Å²) in [6, 6.07) is 0. The first-order valence-electron chi connectivity index (χ1n) is 6.82. The molecule has 0 saturated carbocycles. The molecule has 0 radical (unpaired) electrons. The van der Waals surface area contributed by atoms with E-state index >= 15 is 0 Å². The van der Waals surface area contributed by atoms with Crippen molar-refractivity contribution < 1.29 is 4.39 Å². The van der Waals surface area contributed by atoms with Crippen LogP contribution in [-0.2, 0) is 11.8 Å². The molecule has 2 heterocycles. The summed E-state index contributed by atoms with van der Waals surface area (Å²) in [5.41, 5.74) is 0.677. The number of likely N-dealkylation sites (N-methyl/N-ethyl adjacent to an activating group) is 1. The summed E-state index contributed by atoms with van der Waals surface area (Å²) in [7, 11) is 4.03. The van der Waals surface area contributed by atoms with Crippen LogP contribution >= 0.6 is 11.3 Å². The van der Waals surface area contributed by atoms with Crippen molar-refractivity contribution in [1.82, 2.24) is 14.8 Å². The molecule has 19 heavy (non-hydrogen) atoms. The summed E-state index contributed by atoms with van der Waals surface area (Å²) in [4.78, 5) is 9.69. The molecule has 1 aromatic heterocycles. The fraction of sp³-hybridized carbons (Fsp3) is 0.786. The molecule has 0 amide bonds. The number of rotatable bonds is 3. The van der Waals surface area contributed by atoms with Gasteiger partial charge >= 0.3 is 0 Å². The minimum Gasteiger partial charge on any atom is -0.308 e. The van der Waals surface area contributed by atoms with E-state index < -0.39 is 6.30 Å². The van der Waals surface area contributed by atoms with E-state index in [0.717, 1.165) is 35.9 Å². The highest BCUT2D eigenvalue weighted by Crippen LogP contribution is 2.37. The van der Waals surface area contributed by atoms with E-state index in [0.29, 0.717) is 5.69 Å². The topological polar surface area (TPSA) is 19.4 Å². The molecule has 0 spiro atoms. The number of nitrogens with zero attached hydrogens (tertiary/aromatic N) is 3. The average Bonchev–Trinajstić information content (AvgIpc) is 2.72. The Hall–Kier alpha value is -0.520. The van der Waals surface area contributed by atoms with Gasteiger partial charge in [0.2, 0.25) is 0 Å². The van der Waals surface area contributed by atoms with Gasteiger partial charge in [-0.05, 0) is 20.5 Å². The zero-order valence-electron chi connectivity index (χ0n) is 12.5. The van der Waals surface area contributed by atoms with Crippen molar-refractivity contribution in [2.24, 2.45) is 0 Å². The lowest BCUT2D eigenvalue weighted by Gasteiger charge is -2.30. The second kappa shape index (κ2) is 5.46. The summed E-state index contributed by atoms with van der Waals surface area (Å²) >= 11 is 1.68. The van der Waals surface area contributed by atoms with Gasteiger partial charge in [-0.2, -0.15) is 0 Å². The summed E-state index contributed by atoms with van der Waals surface area (Å²) < 4.78 is 14.5. The van der Waals surface area contributed by atoms with Crippen LogP contribution in [0, 0.1) is 0 Å². The average molecular weight is 285 g/mol. The van der Waals surface area contributed by atoms with E-state index in [-0.39, 0.29) is 5.41 Å². The van der Waals surface area contributed by atoms with Crippen molar-refractivity contribution >= 4 is 11.3 Å². The van der Waals surface area contributed by atoms with E-state index in [1.807, 2.05) is 19.0 Å². The lowest BCUT2D eigenvalue weighted by atomic mass is 9.98. The minimum atomic E-state index is -1.03. The summed E-state index contributed by atoms with van der Waals surface area (Å²) in [6.45, 7) is 8.84. The van der Waals surface area contributed by atoms with Crippen LogP contribution in [0.1, 0.15) is 42.6 Å². The molecule has 108 valence electrons. The van der Waals surface area contributed by atoms with E-state index in [2.05, 4.69) is 30.7 Å². The van der Waals surface area contributed by atoms with Crippen LogP contribution in [0.15, 0.2) is 0 Å². The molecule has 1 aliphatic rings. The third kappa shape index (κ3) is 3.33. The van der Waals surface area contributed by atoms with Gasteiger partial charge in [0, 0.05) is 29.9 Å². The minimum absolute atomic E-state index is 0.0101. The Morgan fingerprint density at radius 3 is 2.68 bits per heavy atom. The number of thiazole rings is 1. The smallest absolute Gasteiger partial charge is 0.197 e. The highest BCUT2D eigenvalue weighted by Gasteiger charge is 2.32. The predicted octanol–water partition coefficient (Wildman–Crippen LogP) is 2.83. The largest absolute Gasteiger partial charge is 0.308 e. The number of halogens is 1. The van der Waals surface area contributed by atoms with Crippen LogP contribution in [-0.4, -0.2) is 48.5 Å². The van der Waals surface area contributed by atoms with Crippen molar-refractivity contribution in [2.45, 2.75) is 38.9 Å². The Labute approximate surface area is 119 Å². The van der Waals surface area contributed by atoms with E-state index in [1.54, 1.807) is 11.3 Å². The van der Waals surface area contributed by atoms with Gasteiger partial charge in [0.15, 0.2) is 6.30 Å². The number of hydrogen-bond acceptors (Lipinski definition) is 4. The monoisotopic (exact) mass is 285 g/mol. The van der Waals surface area contributed by atoms with E-state index in [9.17, 15) is 4.39 Å². The molecular formula is C14H24FN3S. The SMILES string of the molecule is CN(C)CCN1CCc2sc(C(C)(C)C)nc2C1F. The molecule has 1 aliphatic heterocycles. The van der Waals surface area contributed by atoms with Crippen LogP contribution in [0.4, 0.5) is 4.39 Å². The second-order valence-corrected chi connectivity index (χ2v) is 7.59. The van der Waals surface area contributed by atoms with Crippen LogP contribution in [0.3, 0.4) is 0 Å². The standard InChI is InChI=1S/C14H24FN3S/c1-14(2,3)13-16-11-10(19-13)6-7-18(12(11)15)9-8-17(4)5/h12H,6-9H2,1-5H3. The number of aromatic nitrogens is 1. The summed E-state index contributed by atoms with van der Waals surface area (Å²) in [5.74, 6) is 0. The summed E-state index contributed by atoms with van der Waals surface area (Å²) in [5, 5.41) is 1.05. The third-order valence-corrected chi connectivity index (χ3v) is 4.93. The van der Waals surface area contributed by atoms with E-state index in [4.69, 9.17) is 0 Å². The zero-order chi connectivity index (χ0) is 14.2. The maximum atomic E-state index is 14.5. The van der Waals surface area contributed by atoms with Gasteiger partial charge in [-0.1, -0.05) is 20.8 Å². The van der Waals surface area contributed by atoms with Gasteiger partial charge in [-0.15, -0.1) is 11.3 Å². The number of alkyl halides is 1. The lowest BCUT2D eigenvalue weighted by Crippen LogP contribution is -2.37. The van der Waals surface area contributed by atoms with Crippen molar-refractivity contribution in [3.8, 4) is 0 Å². The Morgan fingerprint density at radius 2 is 2.11 bits per heavy atom. The normalized spacial score (nSPS) is 20.9. The molecular weight excluding hydrogens is 261 g/mol. The molecule has 5 heteroatoms. The molecule has 0 aromatic carbocycles. The zero-order valence-corrected chi connectivity index (χ0v) is 13.4. The van der Waals surface area contributed by atoms with Gasteiger partial charge < -0.3 is 4.90 Å². The van der Waals surface area contributed by atoms with Crippen molar-refractivity contribution in [3.05, 3.63) is 15.6 Å². The number of fused-ring (bicyclic) bond motifs is 1. The van der Waals surface area contributed by atoms with Gasteiger partial charge in [0.25, 0.3) is 0 Å². The summed E-state index contributed by atoms with van der Waals surface area (Å²) in [6.07, 6.45) is -0.104. The molecule has 0 saturated heterocycles. The predicted molar refractivity (Wildman–Crippen MR) is 78.5 cm³/mol. The van der Waals surface area contributed by atoms with Crippen molar-refractivity contribution in [3.63, 3.8) is 0 Å². The molecule has 0 aliphatic carbocycles. The van der Waals surface area contributed by atoms with Gasteiger partial charge in [-0.25, -0.2) is 9.37 Å². The highest BCUT2D eigenvalue weighted by atomic mass is 32.1. The first-order chi connectivity index (χ1) is 8.79. The van der Waals surface area contributed by atoms with Crippen molar-refractivity contribution in [1.29, 1.82) is 0 Å². The molecule has 0 N–H and O–H groups in total. The first-order valence-corrected chi connectivity index (χ1v) is 7.63. The van der Waals surface area contributed by atoms with Gasteiger partial charge in [0.1, 0.15) is 5.69 Å². The molecule has 1 atom stereocenters. The fourth-order valence-electron chi connectivity index (χ4n) is 2.13. The fourth-order valence-corrected chi connectivity index (χ4v) is 3.26. The second-order valence-electron chi connectivity index (χ2n) is 6.50. The maximum Gasteiger partial charge on any atom is 0.197 e. The number of hydrogen-bond donors (Lipinski definition) is 0. The Bertz CT molecular complexity index is 436. The Kier molecular flexibility index (Phi) is 4.28. The molecule has 1 aromatic rings. The lowest BCUT2D eigenvalue weighted by molar-refractivity contribution is 0.0630. The third-order valence-electron chi connectivity index (χ3n) is 3.38. The molecule has 1 unspecified atom stereocenters. The quantitative estimate of drug-likeness (QED) is 0.796. The first kappa shape index (κ1) is 14.9. The van der Waals surface area contributed by atoms with Gasteiger partial charge in [0.05, 0.1) is 5.01 Å². The molecule has 2 rings (SSSR count). The molecule has 0 bridgehead atoms. The van der Waals surface area contributed by atoms with Crippen LogP contribution in [0.5, 0.6) is 0 Å². The van der Waals surface area contributed by atoms with E-state index in [1.165, 1.54) is 0 Å². The molecule has 0 fully saturated rings. The van der Waals surface area contributed by atoms with Crippen molar-refractivity contribution in [2.75, 3.05) is 33.7 Å². The van der Waals surface area contributed by atoms with Crippen LogP contribution in [0.2, 0.25) is 0 Å². The van der Waals surface area contributed by atoms with Gasteiger partial charge in [-0.3, -0.25) is 4.90 Å². The molecule has 3 nitrogen and oxygen atoms in total. The Morgan fingerprint density at radius 1 is 1.42 bits per heavy atom. The van der Waals surface area contributed by atoms with Crippen LogP contribution < -0.4 is 0 Å². The maximum absolute atomic E-state index is 14.5.